The third-order valence-corrected chi connectivity index (χ3v) is 1.71. The van der Waals surface area contributed by atoms with Gasteiger partial charge in [-0.25, -0.2) is 0 Å². The zero-order valence-corrected chi connectivity index (χ0v) is 11.4. The van der Waals surface area contributed by atoms with Crippen LogP contribution in [0.15, 0.2) is 24.3 Å². The van der Waals surface area contributed by atoms with Gasteiger partial charge in [-0.05, 0) is 23.1 Å². The molecule has 0 saturated heterocycles. The fourth-order valence-corrected chi connectivity index (χ4v) is 0.972. The van der Waals surface area contributed by atoms with Crippen molar-refractivity contribution < 1.29 is 31.3 Å². The van der Waals surface area contributed by atoms with E-state index in [2.05, 4.69) is 20.8 Å². The van der Waals surface area contributed by atoms with Gasteiger partial charge in [0.1, 0.15) is 5.75 Å². The Morgan fingerprint density at radius 3 is 2.00 bits per heavy atom. The molecule has 0 radical (unpaired) electrons. The van der Waals surface area contributed by atoms with Gasteiger partial charge in [-0.15, -0.1) is 12.4 Å². The maximum absolute atomic E-state index is 9.18. The first-order valence-corrected chi connectivity index (χ1v) is 3.79. The Hall–Kier alpha value is 0.193. The number of hydrogen-bond donors (Lipinski definition) is 1. The summed E-state index contributed by atoms with van der Waals surface area (Å²) in [5, 5.41) is 9.18. The minimum atomic E-state index is 0. The monoisotopic (exact) mass is 276 g/mol. The van der Waals surface area contributed by atoms with E-state index in [0.29, 0.717) is 5.75 Å². The van der Waals surface area contributed by atoms with Crippen molar-refractivity contribution in [3.63, 3.8) is 0 Å². The van der Waals surface area contributed by atoms with Crippen LogP contribution in [0.25, 0.3) is 0 Å². The number of aromatic hydroxyl groups is 1. The molecule has 1 nitrogen and oxygen atoms in total. The third-order valence-electron chi connectivity index (χ3n) is 1.71. The molecule has 1 N–H and O–H groups in total. The van der Waals surface area contributed by atoms with Crippen LogP contribution in [0.1, 0.15) is 26.3 Å². The second kappa shape index (κ2) is 5.83. The predicted octanol–water partition coefficient (Wildman–Crippen LogP) is 3.11. The number of phenols is 1. The van der Waals surface area contributed by atoms with E-state index in [1.165, 1.54) is 0 Å². The Labute approximate surface area is 105 Å². The topological polar surface area (TPSA) is 20.2 Å². The van der Waals surface area contributed by atoms with Crippen LogP contribution < -0.4 is 0 Å². The standard InChI is InChI=1S/C10H14O.ClH.Zr/c1-10(2,3)8-5-4-6-9(11)7-8;;/h4-7,11H,1-3H3;1H;. The van der Waals surface area contributed by atoms with E-state index in [-0.39, 0.29) is 44.0 Å². The van der Waals surface area contributed by atoms with Crippen LogP contribution in [0, 0.1) is 0 Å². The molecule has 0 amide bonds. The molecule has 0 aliphatic rings. The Morgan fingerprint density at radius 1 is 1.15 bits per heavy atom. The number of halogens is 1. The van der Waals surface area contributed by atoms with Crippen molar-refractivity contribution >= 4 is 12.4 Å². The van der Waals surface area contributed by atoms with Crippen LogP contribution in [-0.2, 0) is 31.6 Å². The second-order valence-electron chi connectivity index (χ2n) is 3.80. The summed E-state index contributed by atoms with van der Waals surface area (Å²) in [4.78, 5) is 0. The number of rotatable bonds is 0. The molecule has 0 atom stereocenters. The van der Waals surface area contributed by atoms with Crippen molar-refractivity contribution in [2.75, 3.05) is 0 Å². The molecular formula is C10H15ClOZr. The van der Waals surface area contributed by atoms with E-state index in [1.807, 2.05) is 12.1 Å². The summed E-state index contributed by atoms with van der Waals surface area (Å²) in [5.74, 6) is 0.345. The molecule has 1 aromatic rings. The van der Waals surface area contributed by atoms with Crippen LogP contribution in [0.2, 0.25) is 0 Å². The van der Waals surface area contributed by atoms with Gasteiger partial charge in [0, 0.05) is 26.2 Å². The zero-order chi connectivity index (χ0) is 8.48. The maximum Gasteiger partial charge on any atom is 0.115 e. The quantitative estimate of drug-likeness (QED) is 0.773. The van der Waals surface area contributed by atoms with Crippen molar-refractivity contribution in [1.82, 2.24) is 0 Å². The maximum atomic E-state index is 9.18. The summed E-state index contributed by atoms with van der Waals surface area (Å²) in [5.41, 5.74) is 1.29. The summed E-state index contributed by atoms with van der Waals surface area (Å²) >= 11 is 0. The van der Waals surface area contributed by atoms with Crippen LogP contribution in [0.4, 0.5) is 0 Å². The number of benzene rings is 1. The van der Waals surface area contributed by atoms with E-state index in [0.717, 1.165) is 5.56 Å². The zero-order valence-electron chi connectivity index (χ0n) is 8.16. The molecule has 0 unspecified atom stereocenters. The normalized spacial score (nSPS) is 9.77. The van der Waals surface area contributed by atoms with Gasteiger partial charge in [0.2, 0.25) is 0 Å². The smallest absolute Gasteiger partial charge is 0.115 e. The third kappa shape index (κ3) is 4.83. The molecule has 0 saturated carbocycles. The molecule has 1 aromatic carbocycles. The Bertz CT molecular complexity index is 255. The first kappa shape index (κ1) is 15.7. The summed E-state index contributed by atoms with van der Waals surface area (Å²) in [7, 11) is 0. The van der Waals surface area contributed by atoms with Crippen LogP contribution in [-0.4, -0.2) is 5.11 Å². The minimum absolute atomic E-state index is 0. The summed E-state index contributed by atoms with van der Waals surface area (Å²) in [6.07, 6.45) is 0. The van der Waals surface area contributed by atoms with Gasteiger partial charge in [0.15, 0.2) is 0 Å². The summed E-state index contributed by atoms with van der Waals surface area (Å²) in [6, 6.07) is 7.39. The average molecular weight is 278 g/mol. The van der Waals surface area contributed by atoms with Crippen molar-refractivity contribution in [2.24, 2.45) is 0 Å². The molecule has 72 valence electrons. The van der Waals surface area contributed by atoms with Crippen molar-refractivity contribution in [2.45, 2.75) is 26.2 Å². The first-order chi connectivity index (χ1) is 5.00. The summed E-state index contributed by atoms with van der Waals surface area (Å²) in [6.45, 7) is 6.38. The van der Waals surface area contributed by atoms with E-state index in [9.17, 15) is 5.11 Å². The van der Waals surface area contributed by atoms with Crippen LogP contribution >= 0.6 is 12.4 Å². The molecular weight excluding hydrogens is 263 g/mol. The van der Waals surface area contributed by atoms with Gasteiger partial charge in [0.05, 0.1) is 0 Å². The second-order valence-corrected chi connectivity index (χ2v) is 3.80. The van der Waals surface area contributed by atoms with E-state index in [4.69, 9.17) is 0 Å². The van der Waals surface area contributed by atoms with Gasteiger partial charge >= 0.3 is 0 Å². The first-order valence-electron chi connectivity index (χ1n) is 3.79. The van der Waals surface area contributed by atoms with Crippen LogP contribution in [0.5, 0.6) is 5.75 Å². The molecule has 0 bridgehead atoms. The van der Waals surface area contributed by atoms with Crippen molar-refractivity contribution in [1.29, 1.82) is 0 Å². The Kier molecular flexibility index (Phi) is 7.02. The molecule has 3 heteroatoms. The predicted molar refractivity (Wildman–Crippen MR) is 54.1 cm³/mol. The molecule has 13 heavy (non-hydrogen) atoms. The van der Waals surface area contributed by atoms with Gasteiger partial charge in [-0.3, -0.25) is 0 Å². The van der Waals surface area contributed by atoms with Gasteiger partial charge in [-0.1, -0.05) is 32.9 Å². The summed E-state index contributed by atoms with van der Waals surface area (Å²) < 4.78 is 0. The minimum Gasteiger partial charge on any atom is -0.508 e. The molecule has 0 aromatic heterocycles. The number of phenolic OH excluding ortho intramolecular Hbond substituents is 1. The molecule has 0 heterocycles. The molecule has 0 spiro atoms. The van der Waals surface area contributed by atoms with E-state index >= 15 is 0 Å². The Balaban J connectivity index is 0. The molecule has 0 aliphatic carbocycles. The average Bonchev–Trinajstić information content (AvgIpc) is 1.86. The van der Waals surface area contributed by atoms with Crippen molar-refractivity contribution in [3.8, 4) is 5.75 Å². The van der Waals surface area contributed by atoms with E-state index < -0.39 is 0 Å². The fraction of sp³-hybridized carbons (Fsp3) is 0.400. The molecule has 0 aliphatic heterocycles. The van der Waals surface area contributed by atoms with E-state index in [1.54, 1.807) is 12.1 Å². The van der Waals surface area contributed by atoms with Crippen LogP contribution in [0.3, 0.4) is 0 Å². The molecule has 1 rings (SSSR count). The Morgan fingerprint density at radius 2 is 1.69 bits per heavy atom. The fourth-order valence-electron chi connectivity index (χ4n) is 0.972. The van der Waals surface area contributed by atoms with Gasteiger partial charge in [-0.2, -0.15) is 0 Å². The van der Waals surface area contributed by atoms with Gasteiger partial charge in [0.25, 0.3) is 0 Å². The SMILES string of the molecule is CC(C)(C)c1cccc(O)c1.Cl.[Zr]. The largest absolute Gasteiger partial charge is 0.508 e. The van der Waals surface area contributed by atoms with Crippen molar-refractivity contribution in [3.05, 3.63) is 29.8 Å². The number of hydrogen-bond acceptors (Lipinski definition) is 1. The molecule has 0 fully saturated rings. The van der Waals surface area contributed by atoms with Gasteiger partial charge < -0.3 is 5.11 Å².